The first-order valence-corrected chi connectivity index (χ1v) is 9.42. The Hall–Kier alpha value is -2.70. The summed E-state index contributed by atoms with van der Waals surface area (Å²) >= 11 is 0. The van der Waals surface area contributed by atoms with Crippen molar-refractivity contribution >= 4 is 11.6 Å². The van der Waals surface area contributed by atoms with E-state index >= 15 is 0 Å². The van der Waals surface area contributed by atoms with Crippen LogP contribution in [0.5, 0.6) is 0 Å². The summed E-state index contributed by atoms with van der Waals surface area (Å²) in [6.07, 6.45) is 1.73. The molecular formula is C21H23N5O. The van der Waals surface area contributed by atoms with Gasteiger partial charge in [0.15, 0.2) is 0 Å². The van der Waals surface area contributed by atoms with Crippen molar-refractivity contribution < 1.29 is 4.74 Å². The number of aryl methyl sites for hydroxylation is 1. The molecule has 27 heavy (non-hydrogen) atoms. The summed E-state index contributed by atoms with van der Waals surface area (Å²) in [5, 5.41) is 7.90. The van der Waals surface area contributed by atoms with Crippen molar-refractivity contribution in [3.8, 4) is 5.69 Å². The fourth-order valence-electron chi connectivity index (χ4n) is 3.73. The topological polar surface area (TPSA) is 55.2 Å². The van der Waals surface area contributed by atoms with Crippen molar-refractivity contribution in [3.05, 3.63) is 66.0 Å². The van der Waals surface area contributed by atoms with E-state index in [1.807, 2.05) is 30.3 Å². The van der Waals surface area contributed by atoms with Crippen LogP contribution in [0.2, 0.25) is 0 Å². The summed E-state index contributed by atoms with van der Waals surface area (Å²) in [6.45, 7) is 6.17. The Morgan fingerprint density at radius 2 is 1.89 bits per heavy atom. The van der Waals surface area contributed by atoms with E-state index in [1.165, 1.54) is 11.1 Å². The van der Waals surface area contributed by atoms with Crippen molar-refractivity contribution in [1.82, 2.24) is 19.7 Å². The number of rotatable bonds is 5. The van der Waals surface area contributed by atoms with Gasteiger partial charge in [-0.3, -0.25) is 4.90 Å². The number of benzene rings is 2. The summed E-state index contributed by atoms with van der Waals surface area (Å²) in [5.41, 5.74) is 4.68. The van der Waals surface area contributed by atoms with Crippen LogP contribution in [-0.4, -0.2) is 52.0 Å². The summed E-state index contributed by atoms with van der Waals surface area (Å²) in [4.78, 5) is 6.92. The molecule has 1 N–H and O–H groups in total. The van der Waals surface area contributed by atoms with E-state index < -0.39 is 0 Å². The lowest BCUT2D eigenvalue weighted by Crippen LogP contribution is -2.58. The number of anilines is 2. The van der Waals surface area contributed by atoms with Gasteiger partial charge in [-0.05, 0) is 42.3 Å². The predicted molar refractivity (Wildman–Crippen MR) is 105 cm³/mol. The van der Waals surface area contributed by atoms with Gasteiger partial charge in [0.1, 0.15) is 6.33 Å². The molecule has 3 heterocycles. The molecule has 0 spiro atoms. The standard InChI is InChI=1S/C21H23N5O/c1-15-7-16(17-10-25(11-17)20-12-27-13-20)9-18(8-15)23-21-22-14-26(24-21)19-5-3-2-4-6-19/h2-9,14,17,20H,10-13H2,1H3,(H,23,24). The molecule has 0 amide bonds. The molecule has 5 rings (SSSR count). The van der Waals surface area contributed by atoms with E-state index in [-0.39, 0.29) is 0 Å². The quantitative estimate of drug-likeness (QED) is 0.757. The number of aromatic nitrogens is 3. The van der Waals surface area contributed by atoms with Gasteiger partial charge in [0.25, 0.3) is 0 Å². The zero-order valence-electron chi connectivity index (χ0n) is 15.4. The third kappa shape index (κ3) is 3.34. The van der Waals surface area contributed by atoms with Crippen LogP contribution in [-0.2, 0) is 4.74 Å². The molecule has 6 nitrogen and oxygen atoms in total. The Bertz CT molecular complexity index is 929. The number of hydrogen-bond donors (Lipinski definition) is 1. The highest BCUT2D eigenvalue weighted by Gasteiger charge is 2.36. The van der Waals surface area contributed by atoms with Crippen LogP contribution >= 0.6 is 0 Å². The molecule has 2 saturated heterocycles. The van der Waals surface area contributed by atoms with Gasteiger partial charge in [-0.1, -0.05) is 24.3 Å². The van der Waals surface area contributed by atoms with Crippen molar-refractivity contribution in [3.63, 3.8) is 0 Å². The first-order chi connectivity index (χ1) is 13.2. The van der Waals surface area contributed by atoms with Crippen LogP contribution < -0.4 is 5.32 Å². The largest absolute Gasteiger partial charge is 0.378 e. The maximum Gasteiger partial charge on any atom is 0.246 e. The molecule has 2 aliphatic heterocycles. The summed E-state index contributed by atoms with van der Waals surface area (Å²) < 4.78 is 7.08. The molecule has 0 radical (unpaired) electrons. The Labute approximate surface area is 158 Å². The second-order valence-corrected chi connectivity index (χ2v) is 7.45. The summed E-state index contributed by atoms with van der Waals surface area (Å²) in [6, 6.07) is 17.3. The van der Waals surface area contributed by atoms with Crippen LogP contribution in [0, 0.1) is 6.92 Å². The molecule has 0 saturated carbocycles. The SMILES string of the molecule is Cc1cc(Nc2ncn(-c3ccccc3)n2)cc(C2CN(C3COC3)C2)c1. The van der Waals surface area contributed by atoms with Gasteiger partial charge in [-0.2, -0.15) is 4.98 Å². The maximum absolute atomic E-state index is 5.30. The predicted octanol–water partition coefficient (Wildman–Crippen LogP) is 3.12. The van der Waals surface area contributed by atoms with E-state index in [1.54, 1.807) is 11.0 Å². The first-order valence-electron chi connectivity index (χ1n) is 9.42. The lowest BCUT2D eigenvalue weighted by Gasteiger charge is -2.47. The number of para-hydroxylation sites is 1. The Balaban J connectivity index is 1.30. The summed E-state index contributed by atoms with van der Waals surface area (Å²) in [5.74, 6) is 1.21. The molecule has 1 aromatic heterocycles. The molecule has 0 unspecified atom stereocenters. The molecule has 6 heteroatoms. The lowest BCUT2D eigenvalue weighted by molar-refractivity contribution is -0.0906. The van der Waals surface area contributed by atoms with Gasteiger partial charge in [0.2, 0.25) is 5.95 Å². The molecule has 138 valence electrons. The Morgan fingerprint density at radius 1 is 1.07 bits per heavy atom. The zero-order valence-corrected chi connectivity index (χ0v) is 15.4. The number of likely N-dealkylation sites (tertiary alicyclic amines) is 1. The molecule has 2 aliphatic rings. The normalized spacial score (nSPS) is 18.1. The molecule has 2 fully saturated rings. The number of ether oxygens (including phenoxy) is 1. The van der Waals surface area contributed by atoms with Gasteiger partial charge >= 0.3 is 0 Å². The average molecular weight is 361 g/mol. The molecule has 3 aromatic rings. The number of nitrogens with zero attached hydrogens (tertiary/aromatic N) is 4. The highest BCUT2D eigenvalue weighted by atomic mass is 16.5. The fraction of sp³-hybridized carbons (Fsp3) is 0.333. The number of hydrogen-bond acceptors (Lipinski definition) is 5. The van der Waals surface area contributed by atoms with Crippen LogP contribution in [0.25, 0.3) is 5.69 Å². The smallest absolute Gasteiger partial charge is 0.246 e. The van der Waals surface area contributed by atoms with E-state index in [9.17, 15) is 0 Å². The van der Waals surface area contributed by atoms with Crippen molar-refractivity contribution in [2.45, 2.75) is 18.9 Å². The van der Waals surface area contributed by atoms with Crippen molar-refractivity contribution in [2.75, 3.05) is 31.6 Å². The maximum atomic E-state index is 5.30. The Kier molecular flexibility index (Phi) is 4.14. The van der Waals surface area contributed by atoms with Crippen LogP contribution in [0.3, 0.4) is 0 Å². The molecule has 0 atom stereocenters. The van der Waals surface area contributed by atoms with Crippen molar-refractivity contribution in [2.24, 2.45) is 0 Å². The molecule has 2 aromatic carbocycles. The second kappa shape index (κ2) is 6.79. The van der Waals surface area contributed by atoms with Gasteiger partial charge in [-0.15, -0.1) is 5.10 Å². The van der Waals surface area contributed by atoms with Gasteiger partial charge in [0, 0.05) is 24.7 Å². The van der Waals surface area contributed by atoms with E-state index in [0.717, 1.165) is 37.7 Å². The van der Waals surface area contributed by atoms with Crippen LogP contribution in [0.1, 0.15) is 17.0 Å². The molecule has 0 aliphatic carbocycles. The van der Waals surface area contributed by atoms with Crippen LogP contribution in [0.4, 0.5) is 11.6 Å². The molecular weight excluding hydrogens is 338 g/mol. The highest BCUT2D eigenvalue weighted by molar-refractivity contribution is 5.56. The van der Waals surface area contributed by atoms with Gasteiger partial charge in [0.05, 0.1) is 24.9 Å². The highest BCUT2D eigenvalue weighted by Crippen LogP contribution is 2.32. The van der Waals surface area contributed by atoms with Crippen molar-refractivity contribution in [1.29, 1.82) is 0 Å². The van der Waals surface area contributed by atoms with E-state index in [2.05, 4.69) is 45.4 Å². The second-order valence-electron chi connectivity index (χ2n) is 7.45. The minimum atomic E-state index is 0.598. The first kappa shape index (κ1) is 16.5. The Morgan fingerprint density at radius 3 is 2.63 bits per heavy atom. The third-order valence-electron chi connectivity index (χ3n) is 5.39. The molecule has 0 bridgehead atoms. The van der Waals surface area contributed by atoms with E-state index in [4.69, 9.17) is 4.74 Å². The number of nitrogens with one attached hydrogen (secondary N) is 1. The minimum absolute atomic E-state index is 0.598. The van der Waals surface area contributed by atoms with E-state index in [0.29, 0.717) is 17.9 Å². The average Bonchev–Trinajstić information content (AvgIpc) is 3.04. The minimum Gasteiger partial charge on any atom is -0.378 e. The van der Waals surface area contributed by atoms with Gasteiger partial charge < -0.3 is 10.1 Å². The lowest BCUT2D eigenvalue weighted by atomic mass is 9.88. The van der Waals surface area contributed by atoms with Crippen LogP contribution in [0.15, 0.2) is 54.9 Å². The zero-order chi connectivity index (χ0) is 18.2. The monoisotopic (exact) mass is 361 g/mol. The fourth-order valence-corrected chi connectivity index (χ4v) is 3.73. The third-order valence-corrected chi connectivity index (χ3v) is 5.39. The summed E-state index contributed by atoms with van der Waals surface area (Å²) in [7, 11) is 0. The van der Waals surface area contributed by atoms with Gasteiger partial charge in [-0.25, -0.2) is 4.68 Å².